The van der Waals surface area contributed by atoms with Gasteiger partial charge >= 0.3 is 5.97 Å². The lowest BCUT2D eigenvalue weighted by molar-refractivity contribution is -0.138. The van der Waals surface area contributed by atoms with Crippen molar-refractivity contribution in [3.63, 3.8) is 0 Å². The molecule has 6 nitrogen and oxygen atoms in total. The summed E-state index contributed by atoms with van der Waals surface area (Å²) in [4.78, 5) is 25.6. The molecule has 0 aliphatic carbocycles. The number of aliphatic carboxylic acids is 1. The Kier molecular flexibility index (Phi) is 3.01. The number of anilines is 1. The van der Waals surface area contributed by atoms with Crippen LogP contribution in [0.1, 0.15) is 33.3 Å². The summed E-state index contributed by atoms with van der Waals surface area (Å²) in [5, 5.41) is 13.1. The molecule has 1 aromatic carbocycles. The van der Waals surface area contributed by atoms with Crippen LogP contribution in [0.5, 0.6) is 0 Å². The lowest BCUT2D eigenvalue weighted by Crippen LogP contribution is -2.31. The smallest absolute Gasteiger partial charge is 0.312 e. The Hall–Kier alpha value is -2.63. The molecule has 1 aliphatic heterocycles. The van der Waals surface area contributed by atoms with Crippen LogP contribution in [0.3, 0.4) is 0 Å². The molecule has 0 unspecified atom stereocenters. The highest BCUT2D eigenvalue weighted by molar-refractivity contribution is 6.09. The van der Waals surface area contributed by atoms with Crippen molar-refractivity contribution in [3.8, 4) is 0 Å². The van der Waals surface area contributed by atoms with Crippen LogP contribution < -0.4 is 4.90 Å². The third-order valence-corrected chi connectivity index (χ3v) is 3.76. The number of carboxylic acids is 1. The van der Waals surface area contributed by atoms with Crippen molar-refractivity contribution in [2.45, 2.75) is 19.8 Å². The Morgan fingerprint density at radius 3 is 2.67 bits per heavy atom. The standard InChI is InChI=1S/C15H14N2O4/c1-8-13(9(2)21-16-8)14(18)17-7-11(15(19)20)10-5-3-4-6-12(10)17/h3-6,11H,7H2,1-2H3,(H,19,20)/t11-/m0/s1. The third-order valence-electron chi connectivity index (χ3n) is 3.76. The summed E-state index contributed by atoms with van der Waals surface area (Å²) in [5.74, 6) is -1.47. The molecule has 2 heterocycles. The minimum atomic E-state index is -0.934. The second-order valence-electron chi connectivity index (χ2n) is 5.06. The summed E-state index contributed by atoms with van der Waals surface area (Å²) < 4.78 is 5.02. The lowest BCUT2D eigenvalue weighted by atomic mass is 10.0. The van der Waals surface area contributed by atoms with Crippen molar-refractivity contribution in [3.05, 3.63) is 46.8 Å². The number of carboxylic acid groups (broad SMARTS) is 1. The molecule has 0 radical (unpaired) electrons. The molecule has 1 atom stereocenters. The van der Waals surface area contributed by atoms with Gasteiger partial charge < -0.3 is 14.5 Å². The van der Waals surface area contributed by atoms with Gasteiger partial charge in [0, 0.05) is 12.2 Å². The van der Waals surface area contributed by atoms with E-state index in [2.05, 4.69) is 5.16 Å². The SMILES string of the molecule is Cc1noc(C)c1C(=O)N1C[C@H](C(=O)O)c2ccccc21. The van der Waals surface area contributed by atoms with E-state index in [1.165, 1.54) is 4.90 Å². The van der Waals surface area contributed by atoms with Gasteiger partial charge in [0.1, 0.15) is 17.2 Å². The monoisotopic (exact) mass is 286 g/mol. The van der Waals surface area contributed by atoms with Gasteiger partial charge in [-0.15, -0.1) is 0 Å². The Morgan fingerprint density at radius 1 is 1.33 bits per heavy atom. The lowest BCUT2D eigenvalue weighted by Gasteiger charge is -2.17. The molecule has 21 heavy (non-hydrogen) atoms. The number of hydrogen-bond acceptors (Lipinski definition) is 4. The molecule has 0 bridgehead atoms. The van der Waals surface area contributed by atoms with E-state index in [0.717, 1.165) is 0 Å². The van der Waals surface area contributed by atoms with E-state index in [1.54, 1.807) is 38.1 Å². The maximum atomic E-state index is 12.7. The Morgan fingerprint density at radius 2 is 2.05 bits per heavy atom. The molecule has 2 aromatic rings. The third kappa shape index (κ3) is 1.99. The summed E-state index contributed by atoms with van der Waals surface area (Å²) in [6.45, 7) is 3.49. The van der Waals surface area contributed by atoms with Crippen molar-refractivity contribution in [2.24, 2.45) is 0 Å². The molecule has 0 saturated heterocycles. The van der Waals surface area contributed by atoms with Gasteiger partial charge in [-0.3, -0.25) is 9.59 Å². The molecule has 0 fully saturated rings. The van der Waals surface area contributed by atoms with Gasteiger partial charge in [0.05, 0.1) is 5.69 Å². The zero-order valence-electron chi connectivity index (χ0n) is 11.7. The molecule has 6 heteroatoms. The summed E-state index contributed by atoms with van der Waals surface area (Å²) in [5.41, 5.74) is 2.20. The summed E-state index contributed by atoms with van der Waals surface area (Å²) in [6.07, 6.45) is 0. The van der Waals surface area contributed by atoms with E-state index < -0.39 is 11.9 Å². The van der Waals surface area contributed by atoms with E-state index >= 15 is 0 Å². The number of rotatable bonds is 2. The molecule has 108 valence electrons. The van der Waals surface area contributed by atoms with Crippen molar-refractivity contribution >= 4 is 17.6 Å². The Balaban J connectivity index is 2.05. The number of carbonyl (C=O) groups excluding carboxylic acids is 1. The van der Waals surface area contributed by atoms with Crippen molar-refractivity contribution in [1.29, 1.82) is 0 Å². The molecular formula is C15H14N2O4. The first-order valence-electron chi connectivity index (χ1n) is 6.57. The fraction of sp³-hybridized carbons (Fsp3) is 0.267. The van der Waals surface area contributed by atoms with E-state index in [0.29, 0.717) is 28.3 Å². The molecule has 0 saturated carbocycles. The van der Waals surface area contributed by atoms with E-state index in [-0.39, 0.29) is 12.5 Å². The normalized spacial score (nSPS) is 16.9. The van der Waals surface area contributed by atoms with Crippen LogP contribution in [-0.4, -0.2) is 28.7 Å². The number of aryl methyl sites for hydroxylation is 2. The summed E-state index contributed by atoms with van der Waals surface area (Å²) >= 11 is 0. The van der Waals surface area contributed by atoms with Crippen molar-refractivity contribution in [1.82, 2.24) is 5.16 Å². The number of nitrogens with zero attached hydrogens (tertiary/aromatic N) is 2. The number of carbonyl (C=O) groups is 2. The highest BCUT2D eigenvalue weighted by Gasteiger charge is 2.38. The summed E-state index contributed by atoms with van der Waals surface area (Å²) in [7, 11) is 0. The number of para-hydroxylation sites is 1. The first-order chi connectivity index (χ1) is 10.0. The van der Waals surface area contributed by atoms with E-state index in [4.69, 9.17) is 4.52 Å². The largest absolute Gasteiger partial charge is 0.481 e. The van der Waals surface area contributed by atoms with Crippen molar-refractivity contribution in [2.75, 3.05) is 11.4 Å². The van der Waals surface area contributed by atoms with E-state index in [9.17, 15) is 14.7 Å². The zero-order valence-corrected chi connectivity index (χ0v) is 11.7. The van der Waals surface area contributed by atoms with Gasteiger partial charge in [-0.2, -0.15) is 0 Å². The fourth-order valence-electron chi connectivity index (χ4n) is 2.73. The van der Waals surface area contributed by atoms with Crippen LogP contribution in [0.15, 0.2) is 28.8 Å². The highest BCUT2D eigenvalue weighted by atomic mass is 16.5. The minimum absolute atomic E-state index is 0.123. The van der Waals surface area contributed by atoms with Crippen LogP contribution in [0.4, 0.5) is 5.69 Å². The molecule has 3 rings (SSSR count). The molecule has 1 amide bonds. The second kappa shape index (κ2) is 4.73. The predicted molar refractivity (Wildman–Crippen MR) is 74.5 cm³/mol. The molecule has 0 spiro atoms. The van der Waals surface area contributed by atoms with Crippen LogP contribution in [0.25, 0.3) is 0 Å². The Bertz CT molecular complexity index is 716. The topological polar surface area (TPSA) is 83.6 Å². The van der Waals surface area contributed by atoms with Gasteiger partial charge in [-0.1, -0.05) is 23.4 Å². The number of hydrogen-bond donors (Lipinski definition) is 1. The van der Waals surface area contributed by atoms with Crippen LogP contribution in [0, 0.1) is 13.8 Å². The zero-order chi connectivity index (χ0) is 15.1. The van der Waals surface area contributed by atoms with Gasteiger partial charge in [0.25, 0.3) is 5.91 Å². The first kappa shape index (κ1) is 13.4. The number of fused-ring (bicyclic) bond motifs is 1. The highest BCUT2D eigenvalue weighted by Crippen LogP contribution is 2.37. The van der Waals surface area contributed by atoms with Gasteiger partial charge in [-0.05, 0) is 25.5 Å². The maximum absolute atomic E-state index is 12.7. The molecule has 1 N–H and O–H groups in total. The van der Waals surface area contributed by atoms with Crippen LogP contribution in [0.2, 0.25) is 0 Å². The minimum Gasteiger partial charge on any atom is -0.481 e. The van der Waals surface area contributed by atoms with Gasteiger partial charge in [0.15, 0.2) is 0 Å². The maximum Gasteiger partial charge on any atom is 0.312 e. The van der Waals surface area contributed by atoms with Crippen LogP contribution in [-0.2, 0) is 4.79 Å². The summed E-state index contributed by atoms with van der Waals surface area (Å²) in [6, 6.07) is 7.07. The average Bonchev–Trinajstić information content (AvgIpc) is 2.99. The predicted octanol–water partition coefficient (Wildman–Crippen LogP) is 2.12. The molecule has 1 aromatic heterocycles. The first-order valence-corrected chi connectivity index (χ1v) is 6.57. The van der Waals surface area contributed by atoms with Crippen molar-refractivity contribution < 1.29 is 19.2 Å². The van der Waals surface area contributed by atoms with Crippen LogP contribution >= 0.6 is 0 Å². The molecular weight excluding hydrogens is 272 g/mol. The number of benzene rings is 1. The molecule has 1 aliphatic rings. The number of amides is 1. The fourth-order valence-corrected chi connectivity index (χ4v) is 2.73. The second-order valence-corrected chi connectivity index (χ2v) is 5.06. The number of aromatic nitrogens is 1. The van der Waals surface area contributed by atoms with Gasteiger partial charge in [0.2, 0.25) is 0 Å². The van der Waals surface area contributed by atoms with Gasteiger partial charge in [-0.25, -0.2) is 0 Å². The average molecular weight is 286 g/mol. The van der Waals surface area contributed by atoms with E-state index in [1.807, 2.05) is 0 Å². The quantitative estimate of drug-likeness (QED) is 0.914. The Labute approximate surface area is 121 Å².